The molecule has 0 spiro atoms. The highest BCUT2D eigenvalue weighted by atomic mass is 33.1. The van der Waals surface area contributed by atoms with Crippen molar-refractivity contribution in [1.29, 1.82) is 0 Å². The van der Waals surface area contributed by atoms with Crippen molar-refractivity contribution in [2.45, 2.75) is 0 Å². The smallest absolute Gasteiger partial charge is 0.404 e. The molecule has 0 unspecified atom stereocenters. The Balaban J connectivity index is 3.52. The van der Waals surface area contributed by atoms with Gasteiger partial charge in [0.1, 0.15) is 5.03 Å². The fourth-order valence-corrected chi connectivity index (χ4v) is 2.29. The Bertz CT molecular complexity index is 241. The van der Waals surface area contributed by atoms with Gasteiger partial charge in [0.15, 0.2) is 0 Å². The number of nitrogens with zero attached hydrogens (tertiary/aromatic N) is 1. The van der Waals surface area contributed by atoms with Gasteiger partial charge in [-0.15, -0.1) is 0 Å². The Morgan fingerprint density at radius 1 is 1.64 bits per heavy atom. The molecule has 0 aromatic carbocycles. The molecule has 0 aliphatic carbocycles. The molecule has 0 aromatic heterocycles. The zero-order chi connectivity index (χ0) is 10.8. The lowest BCUT2D eigenvalue weighted by molar-refractivity contribution is 0.195. The minimum Gasteiger partial charge on any atom is -0.465 e. The second-order valence-corrected chi connectivity index (χ2v) is 4.47. The number of carbonyl (C=O) groups is 1. The van der Waals surface area contributed by atoms with Crippen LogP contribution in [0.1, 0.15) is 0 Å². The predicted octanol–water partition coefficient (Wildman–Crippen LogP) is 2.36. The highest BCUT2D eigenvalue weighted by molar-refractivity contribution is 8.78. The van der Waals surface area contributed by atoms with Crippen molar-refractivity contribution in [3.05, 3.63) is 23.8 Å². The molecule has 4 nitrogen and oxygen atoms in total. The molecule has 78 valence electrons. The van der Waals surface area contributed by atoms with Crippen LogP contribution >= 0.6 is 21.6 Å². The van der Waals surface area contributed by atoms with E-state index in [0.29, 0.717) is 12.3 Å². The Hall–Kier alpha value is -0.880. The molecule has 6 heteroatoms. The van der Waals surface area contributed by atoms with Gasteiger partial charge in [-0.1, -0.05) is 23.4 Å². The average Bonchev–Trinajstić information content (AvgIpc) is 2.15. The lowest BCUT2D eigenvalue weighted by Gasteiger charge is -2.00. The van der Waals surface area contributed by atoms with Gasteiger partial charge < -0.3 is 10.4 Å². The van der Waals surface area contributed by atoms with Gasteiger partial charge in [-0.25, -0.2) is 4.79 Å². The predicted molar refractivity (Wildman–Crippen MR) is 63.9 cm³/mol. The quantitative estimate of drug-likeness (QED) is 0.306. The molecular formula is C8H12N2O2S2. The van der Waals surface area contributed by atoms with Crippen LogP contribution in [0.2, 0.25) is 0 Å². The van der Waals surface area contributed by atoms with Gasteiger partial charge in [0.25, 0.3) is 0 Å². The summed E-state index contributed by atoms with van der Waals surface area (Å²) in [6, 6.07) is 0. The van der Waals surface area contributed by atoms with E-state index >= 15 is 0 Å². The first-order valence-corrected chi connectivity index (χ1v) is 6.08. The van der Waals surface area contributed by atoms with Gasteiger partial charge in [0, 0.05) is 12.3 Å². The van der Waals surface area contributed by atoms with E-state index in [1.807, 2.05) is 0 Å². The third-order valence-electron chi connectivity index (χ3n) is 1.02. The van der Waals surface area contributed by atoms with E-state index in [1.54, 1.807) is 12.2 Å². The largest absolute Gasteiger partial charge is 0.465 e. The molecule has 2 N–H and O–H groups in total. The fraction of sp³-hybridized carbons (Fsp3) is 0.250. The molecular weight excluding hydrogens is 220 g/mol. The Kier molecular flexibility index (Phi) is 8.16. The number of aliphatic imine (C=N–C) groups is 1. The van der Waals surface area contributed by atoms with E-state index in [-0.39, 0.29) is 0 Å². The van der Waals surface area contributed by atoms with Crippen LogP contribution in [0.5, 0.6) is 0 Å². The molecule has 1 amide bonds. The Morgan fingerprint density at radius 2 is 2.36 bits per heavy atom. The van der Waals surface area contributed by atoms with E-state index in [4.69, 9.17) is 5.11 Å². The number of amides is 1. The van der Waals surface area contributed by atoms with E-state index in [2.05, 4.69) is 23.6 Å². The number of carboxylic acid groups (broad SMARTS) is 1. The maximum absolute atomic E-state index is 10.1. The van der Waals surface area contributed by atoms with Crippen LogP contribution in [0.25, 0.3) is 0 Å². The van der Waals surface area contributed by atoms with Crippen LogP contribution in [-0.2, 0) is 0 Å². The van der Waals surface area contributed by atoms with Gasteiger partial charge in [-0.2, -0.15) is 0 Å². The highest BCUT2D eigenvalue weighted by Gasteiger charge is 1.96. The first-order chi connectivity index (χ1) is 6.70. The first kappa shape index (κ1) is 13.1. The SMILES string of the molecule is C=C/C=C(\N=C)SSCCNC(=O)O. The van der Waals surface area contributed by atoms with Crippen molar-refractivity contribution in [3.63, 3.8) is 0 Å². The molecule has 0 saturated carbocycles. The molecule has 0 aromatic rings. The first-order valence-electron chi connectivity index (χ1n) is 3.76. The third-order valence-corrected chi connectivity index (χ3v) is 3.31. The van der Waals surface area contributed by atoms with Gasteiger partial charge in [-0.05, 0) is 23.6 Å². The van der Waals surface area contributed by atoms with Crippen LogP contribution in [0, 0.1) is 0 Å². The molecule has 0 rings (SSSR count). The molecule has 0 bridgehead atoms. The maximum Gasteiger partial charge on any atom is 0.404 e. The monoisotopic (exact) mass is 232 g/mol. The van der Waals surface area contributed by atoms with Gasteiger partial charge in [0.05, 0.1) is 0 Å². The molecule has 0 heterocycles. The van der Waals surface area contributed by atoms with Gasteiger partial charge in [0.2, 0.25) is 0 Å². The second-order valence-electron chi connectivity index (χ2n) is 2.04. The van der Waals surface area contributed by atoms with Crippen LogP contribution in [0.4, 0.5) is 4.79 Å². The summed E-state index contributed by atoms with van der Waals surface area (Å²) in [5, 5.41) is 11.3. The number of nitrogens with one attached hydrogen (secondary N) is 1. The van der Waals surface area contributed by atoms with Crippen LogP contribution in [-0.4, -0.2) is 30.2 Å². The summed E-state index contributed by atoms with van der Waals surface area (Å²) in [5.41, 5.74) is 0. The van der Waals surface area contributed by atoms with E-state index < -0.39 is 6.09 Å². The van der Waals surface area contributed by atoms with E-state index in [0.717, 1.165) is 5.03 Å². The maximum atomic E-state index is 10.1. The summed E-state index contributed by atoms with van der Waals surface area (Å²) in [4.78, 5) is 13.8. The number of hydrogen-bond acceptors (Lipinski definition) is 4. The van der Waals surface area contributed by atoms with E-state index in [1.165, 1.54) is 21.6 Å². The summed E-state index contributed by atoms with van der Waals surface area (Å²) < 4.78 is 0. The summed E-state index contributed by atoms with van der Waals surface area (Å²) in [7, 11) is 2.95. The van der Waals surface area contributed by atoms with Crippen molar-refractivity contribution < 1.29 is 9.90 Å². The Morgan fingerprint density at radius 3 is 2.86 bits per heavy atom. The van der Waals surface area contributed by atoms with Crippen molar-refractivity contribution in [2.24, 2.45) is 4.99 Å². The molecule has 14 heavy (non-hydrogen) atoms. The average molecular weight is 232 g/mol. The van der Waals surface area contributed by atoms with Crippen molar-refractivity contribution >= 4 is 34.4 Å². The van der Waals surface area contributed by atoms with Crippen molar-refractivity contribution in [3.8, 4) is 0 Å². The summed E-state index contributed by atoms with van der Waals surface area (Å²) in [6.45, 7) is 7.36. The van der Waals surface area contributed by atoms with Crippen LogP contribution in [0.3, 0.4) is 0 Å². The Labute approximate surface area is 91.0 Å². The fourth-order valence-electron chi connectivity index (χ4n) is 0.509. The lowest BCUT2D eigenvalue weighted by Crippen LogP contribution is -2.22. The number of rotatable bonds is 7. The van der Waals surface area contributed by atoms with Gasteiger partial charge >= 0.3 is 6.09 Å². The molecule has 0 aliphatic heterocycles. The molecule has 0 radical (unpaired) electrons. The van der Waals surface area contributed by atoms with Crippen molar-refractivity contribution in [2.75, 3.05) is 12.3 Å². The molecule has 0 saturated heterocycles. The summed E-state index contributed by atoms with van der Waals surface area (Å²) in [6.07, 6.45) is 2.38. The molecule has 0 aliphatic rings. The summed E-state index contributed by atoms with van der Waals surface area (Å²) >= 11 is 0. The lowest BCUT2D eigenvalue weighted by atomic mass is 10.6. The van der Waals surface area contributed by atoms with Crippen LogP contribution in [0.15, 0.2) is 28.8 Å². The standard InChI is InChI=1S/C8H12N2O2S2/c1-3-4-7(9-2)14-13-6-5-10-8(11)12/h3-4,10H,1-2,5-6H2,(H,11,12)/b7-4+. The van der Waals surface area contributed by atoms with E-state index in [9.17, 15) is 4.79 Å². The second kappa shape index (κ2) is 8.71. The normalized spacial score (nSPS) is 10.7. The molecule has 0 fully saturated rings. The highest BCUT2D eigenvalue weighted by Crippen LogP contribution is 2.29. The van der Waals surface area contributed by atoms with Crippen LogP contribution < -0.4 is 5.32 Å². The number of hydrogen-bond donors (Lipinski definition) is 2. The zero-order valence-electron chi connectivity index (χ0n) is 7.60. The van der Waals surface area contributed by atoms with Gasteiger partial charge in [-0.3, -0.25) is 4.99 Å². The summed E-state index contributed by atoms with van der Waals surface area (Å²) in [5.74, 6) is 0.682. The minimum absolute atomic E-state index is 0.422. The third kappa shape index (κ3) is 7.75. The minimum atomic E-state index is -1.00. The zero-order valence-corrected chi connectivity index (χ0v) is 9.24. The molecule has 0 atom stereocenters. The number of allylic oxidation sites excluding steroid dienone is 2. The topological polar surface area (TPSA) is 61.7 Å². The van der Waals surface area contributed by atoms with Crippen molar-refractivity contribution in [1.82, 2.24) is 5.32 Å².